The molecule has 1 N–H and O–H groups in total. The average Bonchev–Trinajstić information content (AvgIpc) is 3.38. The maximum absolute atomic E-state index is 14.1. The molecule has 2 aliphatic rings. The number of rotatable bonds is 7. The molecule has 41 heavy (non-hydrogen) atoms. The lowest BCUT2D eigenvalue weighted by molar-refractivity contribution is -0.128. The Morgan fingerprint density at radius 2 is 1.59 bits per heavy atom. The van der Waals surface area contributed by atoms with Crippen molar-refractivity contribution in [2.45, 2.75) is 38.1 Å². The molecule has 1 spiro atoms. The van der Waals surface area contributed by atoms with Crippen LogP contribution in [-0.4, -0.2) is 73.2 Å². The molecule has 2 heterocycles. The first-order valence-electron chi connectivity index (χ1n) is 13.7. The van der Waals surface area contributed by atoms with Gasteiger partial charge in [-0.25, -0.2) is 0 Å². The first kappa shape index (κ1) is 28.2. The Bertz CT molecular complexity index is 1420. The van der Waals surface area contributed by atoms with Gasteiger partial charge < -0.3 is 24.4 Å². The van der Waals surface area contributed by atoms with Crippen LogP contribution in [0.5, 0.6) is 11.5 Å². The number of amides is 3. The topological polar surface area (TPSA) is 97.4 Å². The van der Waals surface area contributed by atoms with Gasteiger partial charge >= 0.3 is 0 Å². The SMILES string of the molecule is COc1ccc(C(=O)N2CCC3(CC2)OC[C@@H](C(=O)NCc2ccccc2)N3C(=O)c2ccccc2C)cc1OC. The third-order valence-electron chi connectivity index (χ3n) is 7.93. The van der Waals surface area contributed by atoms with Gasteiger partial charge in [0.25, 0.3) is 11.8 Å². The van der Waals surface area contributed by atoms with Crippen molar-refractivity contribution in [2.24, 2.45) is 0 Å². The predicted molar refractivity (Wildman–Crippen MR) is 153 cm³/mol. The lowest BCUT2D eigenvalue weighted by Gasteiger charge is -2.44. The Balaban J connectivity index is 1.36. The number of carbonyl (C=O) groups is 3. The van der Waals surface area contributed by atoms with Crippen LogP contribution in [0.15, 0.2) is 72.8 Å². The number of methoxy groups -OCH3 is 2. The molecule has 2 saturated heterocycles. The Morgan fingerprint density at radius 1 is 0.902 bits per heavy atom. The second kappa shape index (κ2) is 12.0. The van der Waals surface area contributed by atoms with Gasteiger partial charge in [-0.1, -0.05) is 48.5 Å². The van der Waals surface area contributed by atoms with Crippen LogP contribution < -0.4 is 14.8 Å². The molecule has 0 aliphatic carbocycles. The van der Waals surface area contributed by atoms with Gasteiger partial charge in [0.2, 0.25) is 5.91 Å². The molecule has 214 valence electrons. The van der Waals surface area contributed by atoms with Gasteiger partial charge in [0.05, 0.1) is 20.8 Å². The van der Waals surface area contributed by atoms with Gasteiger partial charge in [0.1, 0.15) is 11.8 Å². The third-order valence-corrected chi connectivity index (χ3v) is 7.93. The minimum atomic E-state index is -0.998. The van der Waals surface area contributed by atoms with Crippen LogP contribution in [0.2, 0.25) is 0 Å². The van der Waals surface area contributed by atoms with E-state index in [1.54, 1.807) is 41.2 Å². The number of likely N-dealkylation sites (tertiary alicyclic amines) is 1. The molecule has 0 radical (unpaired) electrons. The molecule has 0 bridgehead atoms. The Hall–Kier alpha value is -4.37. The lowest BCUT2D eigenvalue weighted by Crippen LogP contribution is -2.59. The maximum atomic E-state index is 14.1. The van der Waals surface area contributed by atoms with Gasteiger partial charge in [0, 0.05) is 43.6 Å². The van der Waals surface area contributed by atoms with Gasteiger partial charge in [-0.15, -0.1) is 0 Å². The molecule has 3 aromatic rings. The minimum Gasteiger partial charge on any atom is -0.493 e. The number of nitrogens with zero attached hydrogens (tertiary/aromatic N) is 2. The summed E-state index contributed by atoms with van der Waals surface area (Å²) in [7, 11) is 3.07. The summed E-state index contributed by atoms with van der Waals surface area (Å²) < 4.78 is 17.0. The van der Waals surface area contributed by atoms with Crippen molar-refractivity contribution < 1.29 is 28.6 Å². The largest absolute Gasteiger partial charge is 0.493 e. The molecule has 5 rings (SSSR count). The number of nitrogens with one attached hydrogen (secondary N) is 1. The number of benzene rings is 3. The molecule has 0 unspecified atom stereocenters. The average molecular weight is 558 g/mol. The van der Waals surface area contributed by atoms with Crippen LogP contribution in [0.25, 0.3) is 0 Å². The zero-order valence-electron chi connectivity index (χ0n) is 23.6. The third kappa shape index (κ3) is 5.63. The zero-order valence-corrected chi connectivity index (χ0v) is 23.6. The Kier molecular flexibility index (Phi) is 8.26. The minimum absolute atomic E-state index is 0.0852. The summed E-state index contributed by atoms with van der Waals surface area (Å²) in [6.07, 6.45) is 0.762. The van der Waals surface area contributed by atoms with E-state index < -0.39 is 11.8 Å². The van der Waals surface area contributed by atoms with Crippen molar-refractivity contribution in [3.8, 4) is 11.5 Å². The summed E-state index contributed by atoms with van der Waals surface area (Å²) in [6, 6.07) is 21.3. The summed E-state index contributed by atoms with van der Waals surface area (Å²) in [5, 5.41) is 2.98. The number of hydrogen-bond donors (Lipinski definition) is 1. The highest BCUT2D eigenvalue weighted by Gasteiger charge is 2.54. The van der Waals surface area contributed by atoms with Crippen LogP contribution in [-0.2, 0) is 16.1 Å². The van der Waals surface area contributed by atoms with Crippen LogP contribution >= 0.6 is 0 Å². The molecule has 0 aromatic heterocycles. The van der Waals surface area contributed by atoms with Crippen LogP contribution in [0.3, 0.4) is 0 Å². The number of piperidine rings is 1. The quantitative estimate of drug-likeness (QED) is 0.475. The fourth-order valence-corrected chi connectivity index (χ4v) is 5.62. The van der Waals surface area contributed by atoms with E-state index in [2.05, 4.69) is 5.32 Å². The van der Waals surface area contributed by atoms with Gasteiger partial charge in [-0.3, -0.25) is 19.3 Å². The standard InChI is InChI=1S/C32H35N3O6/c1-22-9-7-8-12-25(22)31(38)35-26(29(36)33-20-23-10-5-4-6-11-23)21-41-32(35)15-17-34(18-16-32)30(37)24-13-14-27(39-2)28(19-24)40-3/h4-14,19,26H,15-18,20-21H2,1-3H3,(H,33,36)/t26-/m0/s1. The molecule has 9 heteroatoms. The van der Waals surface area contributed by atoms with Crippen molar-refractivity contribution in [3.05, 3.63) is 95.1 Å². The Labute approximate surface area is 240 Å². The highest BCUT2D eigenvalue weighted by atomic mass is 16.5. The van der Waals surface area contributed by atoms with E-state index in [1.807, 2.05) is 55.5 Å². The first-order chi connectivity index (χ1) is 19.9. The highest BCUT2D eigenvalue weighted by molar-refractivity contribution is 5.99. The van der Waals surface area contributed by atoms with Crippen LogP contribution in [0.4, 0.5) is 0 Å². The number of aryl methyl sites for hydroxylation is 1. The summed E-state index contributed by atoms with van der Waals surface area (Å²) in [4.78, 5) is 44.3. The lowest BCUT2D eigenvalue weighted by atomic mass is 9.95. The molecule has 2 fully saturated rings. The second-order valence-electron chi connectivity index (χ2n) is 10.3. The molecule has 0 saturated carbocycles. The number of hydrogen-bond acceptors (Lipinski definition) is 6. The molecule has 2 aliphatic heterocycles. The summed E-state index contributed by atoms with van der Waals surface area (Å²) in [5.41, 5.74) is 1.80. The maximum Gasteiger partial charge on any atom is 0.257 e. The van der Waals surface area contributed by atoms with E-state index >= 15 is 0 Å². The number of carbonyl (C=O) groups excluding carboxylic acids is 3. The van der Waals surface area contributed by atoms with E-state index in [9.17, 15) is 14.4 Å². The molecular formula is C32H35N3O6. The van der Waals surface area contributed by atoms with Gasteiger partial charge in [-0.05, 0) is 42.3 Å². The van der Waals surface area contributed by atoms with Crippen molar-refractivity contribution >= 4 is 17.7 Å². The van der Waals surface area contributed by atoms with Crippen LogP contribution in [0, 0.1) is 6.92 Å². The molecular weight excluding hydrogens is 522 g/mol. The van der Waals surface area contributed by atoms with Crippen LogP contribution in [0.1, 0.15) is 44.7 Å². The van der Waals surface area contributed by atoms with E-state index in [-0.39, 0.29) is 24.3 Å². The fourth-order valence-electron chi connectivity index (χ4n) is 5.62. The summed E-state index contributed by atoms with van der Waals surface area (Å²) in [6.45, 7) is 3.04. The molecule has 3 amide bonds. The van der Waals surface area contributed by atoms with E-state index in [1.165, 1.54) is 7.11 Å². The molecule has 3 aromatic carbocycles. The summed E-state index contributed by atoms with van der Waals surface area (Å²) in [5.74, 6) is 0.359. The van der Waals surface area contributed by atoms with Gasteiger partial charge in [-0.2, -0.15) is 0 Å². The normalized spacial score (nSPS) is 17.8. The monoisotopic (exact) mass is 557 g/mol. The van der Waals surface area contributed by atoms with E-state index in [0.717, 1.165) is 11.1 Å². The van der Waals surface area contributed by atoms with Crippen molar-refractivity contribution in [2.75, 3.05) is 33.9 Å². The fraction of sp³-hybridized carbons (Fsp3) is 0.344. The predicted octanol–water partition coefficient (Wildman–Crippen LogP) is 3.80. The zero-order chi connectivity index (χ0) is 29.0. The number of ether oxygens (including phenoxy) is 3. The van der Waals surface area contributed by atoms with E-state index in [4.69, 9.17) is 14.2 Å². The Morgan fingerprint density at radius 3 is 2.27 bits per heavy atom. The highest BCUT2D eigenvalue weighted by Crippen LogP contribution is 2.39. The molecule has 1 atom stereocenters. The molecule has 9 nitrogen and oxygen atoms in total. The second-order valence-corrected chi connectivity index (χ2v) is 10.3. The first-order valence-corrected chi connectivity index (χ1v) is 13.7. The summed E-state index contributed by atoms with van der Waals surface area (Å²) >= 11 is 0. The van der Waals surface area contributed by atoms with Crippen molar-refractivity contribution in [1.82, 2.24) is 15.1 Å². The van der Waals surface area contributed by atoms with Gasteiger partial charge in [0.15, 0.2) is 11.5 Å². The van der Waals surface area contributed by atoms with Crippen molar-refractivity contribution in [1.29, 1.82) is 0 Å². The van der Waals surface area contributed by atoms with Crippen molar-refractivity contribution in [3.63, 3.8) is 0 Å². The van der Waals surface area contributed by atoms with E-state index in [0.29, 0.717) is 55.1 Å². The smallest absolute Gasteiger partial charge is 0.257 e.